The highest BCUT2D eigenvalue weighted by Gasteiger charge is 2.22. The maximum Gasteiger partial charge on any atom is 0.112 e. The van der Waals surface area contributed by atoms with Gasteiger partial charge < -0.3 is 10.3 Å². The molecule has 1 aromatic heterocycles. The number of imidazole rings is 1. The average molecular weight is 231 g/mol. The highest BCUT2D eigenvalue weighted by molar-refractivity contribution is 5.80. The first-order chi connectivity index (χ1) is 7.80. The van der Waals surface area contributed by atoms with Gasteiger partial charge in [0.05, 0.1) is 11.0 Å². The van der Waals surface area contributed by atoms with Gasteiger partial charge in [-0.25, -0.2) is 4.98 Å². The van der Waals surface area contributed by atoms with Gasteiger partial charge in [-0.15, -0.1) is 0 Å². The molecule has 0 saturated heterocycles. The van der Waals surface area contributed by atoms with E-state index in [0.717, 1.165) is 22.5 Å². The van der Waals surface area contributed by atoms with E-state index >= 15 is 0 Å². The minimum atomic E-state index is 0.0322. The van der Waals surface area contributed by atoms with Crippen LogP contribution in [-0.4, -0.2) is 9.55 Å². The second kappa shape index (κ2) is 3.76. The van der Waals surface area contributed by atoms with Gasteiger partial charge in [-0.1, -0.05) is 13.8 Å². The van der Waals surface area contributed by atoms with Crippen LogP contribution in [0.2, 0.25) is 0 Å². The minimum Gasteiger partial charge on any atom is -0.399 e. The fourth-order valence-corrected chi connectivity index (χ4v) is 2.21. The van der Waals surface area contributed by atoms with Gasteiger partial charge in [-0.05, 0) is 39.0 Å². The summed E-state index contributed by atoms with van der Waals surface area (Å²) in [5, 5.41) is 0. The lowest BCUT2D eigenvalue weighted by molar-refractivity contribution is 0.388. The van der Waals surface area contributed by atoms with Gasteiger partial charge >= 0.3 is 0 Å². The van der Waals surface area contributed by atoms with Gasteiger partial charge in [0.15, 0.2) is 0 Å². The van der Waals surface area contributed by atoms with Gasteiger partial charge in [0.2, 0.25) is 0 Å². The maximum atomic E-state index is 5.82. The summed E-state index contributed by atoms with van der Waals surface area (Å²) >= 11 is 0. The number of hydrogen-bond acceptors (Lipinski definition) is 2. The lowest BCUT2D eigenvalue weighted by atomic mass is 10.1. The molecular weight excluding hydrogens is 210 g/mol. The van der Waals surface area contributed by atoms with E-state index in [4.69, 9.17) is 10.7 Å². The fraction of sp³-hybridized carbons (Fsp3) is 0.500. The minimum absolute atomic E-state index is 0.0322. The zero-order valence-corrected chi connectivity index (χ0v) is 11.3. The molecule has 0 spiro atoms. The standard InChI is InChI=1S/C14H21N3/c1-9(2)13-16-11-8-10(15)6-7-12(11)17(13)14(3,4)5/h6-9H,15H2,1-5H3. The van der Waals surface area contributed by atoms with Crippen molar-refractivity contribution in [2.45, 2.75) is 46.1 Å². The van der Waals surface area contributed by atoms with Crippen LogP contribution >= 0.6 is 0 Å². The number of nitrogen functional groups attached to an aromatic ring is 1. The number of nitrogens with zero attached hydrogens (tertiary/aromatic N) is 2. The first kappa shape index (κ1) is 12.0. The Morgan fingerprint density at radius 2 is 1.88 bits per heavy atom. The van der Waals surface area contributed by atoms with Crippen molar-refractivity contribution in [3.8, 4) is 0 Å². The summed E-state index contributed by atoms with van der Waals surface area (Å²) in [6.45, 7) is 11.0. The maximum absolute atomic E-state index is 5.82. The molecule has 0 aliphatic rings. The molecule has 17 heavy (non-hydrogen) atoms. The molecule has 3 heteroatoms. The van der Waals surface area contributed by atoms with E-state index in [9.17, 15) is 0 Å². The zero-order valence-electron chi connectivity index (χ0n) is 11.3. The fourth-order valence-electron chi connectivity index (χ4n) is 2.21. The Hall–Kier alpha value is -1.51. The van der Waals surface area contributed by atoms with Gasteiger partial charge in [0.1, 0.15) is 5.82 Å². The smallest absolute Gasteiger partial charge is 0.112 e. The molecule has 0 unspecified atom stereocenters. The summed E-state index contributed by atoms with van der Waals surface area (Å²) in [6, 6.07) is 5.95. The third-order valence-corrected chi connectivity index (χ3v) is 2.89. The summed E-state index contributed by atoms with van der Waals surface area (Å²) in [5.41, 5.74) is 8.77. The second-order valence-electron chi connectivity index (χ2n) is 5.88. The first-order valence-electron chi connectivity index (χ1n) is 6.09. The molecule has 3 nitrogen and oxygen atoms in total. The molecule has 0 amide bonds. The van der Waals surface area contributed by atoms with Crippen LogP contribution in [0.4, 0.5) is 5.69 Å². The molecule has 0 atom stereocenters. The van der Waals surface area contributed by atoms with E-state index < -0.39 is 0 Å². The van der Waals surface area contributed by atoms with Crippen molar-refractivity contribution in [3.05, 3.63) is 24.0 Å². The van der Waals surface area contributed by atoms with E-state index in [-0.39, 0.29) is 5.54 Å². The van der Waals surface area contributed by atoms with Crippen LogP contribution in [0, 0.1) is 0 Å². The van der Waals surface area contributed by atoms with Gasteiger partial charge in [0.25, 0.3) is 0 Å². The topological polar surface area (TPSA) is 43.8 Å². The summed E-state index contributed by atoms with van der Waals surface area (Å²) in [5.74, 6) is 1.53. The number of aromatic nitrogens is 2. The Bertz CT molecular complexity index is 544. The number of hydrogen-bond donors (Lipinski definition) is 1. The predicted molar refractivity (Wildman–Crippen MR) is 73.2 cm³/mol. The van der Waals surface area contributed by atoms with Crippen molar-refractivity contribution in [1.29, 1.82) is 0 Å². The average Bonchev–Trinajstić information content (AvgIpc) is 2.55. The molecule has 92 valence electrons. The van der Waals surface area contributed by atoms with E-state index in [1.807, 2.05) is 12.1 Å². The molecule has 0 bridgehead atoms. The molecule has 0 aliphatic heterocycles. The SMILES string of the molecule is CC(C)c1nc2cc(N)ccc2n1C(C)(C)C. The van der Waals surface area contributed by atoms with Crippen LogP contribution in [0.5, 0.6) is 0 Å². The second-order valence-corrected chi connectivity index (χ2v) is 5.88. The third-order valence-electron chi connectivity index (χ3n) is 2.89. The zero-order chi connectivity index (χ0) is 12.8. The number of anilines is 1. The Balaban J connectivity index is 2.81. The molecule has 1 aromatic carbocycles. The summed E-state index contributed by atoms with van der Waals surface area (Å²) < 4.78 is 2.31. The van der Waals surface area contributed by atoms with Crippen molar-refractivity contribution in [1.82, 2.24) is 9.55 Å². The van der Waals surface area contributed by atoms with Crippen molar-refractivity contribution >= 4 is 16.7 Å². The monoisotopic (exact) mass is 231 g/mol. The van der Waals surface area contributed by atoms with Crippen LogP contribution in [0.25, 0.3) is 11.0 Å². The Morgan fingerprint density at radius 3 is 2.41 bits per heavy atom. The number of nitrogens with two attached hydrogens (primary N) is 1. The van der Waals surface area contributed by atoms with Crippen LogP contribution in [0.15, 0.2) is 18.2 Å². The van der Waals surface area contributed by atoms with Gasteiger partial charge in [0, 0.05) is 17.1 Å². The van der Waals surface area contributed by atoms with Crippen LogP contribution in [0.1, 0.15) is 46.4 Å². The summed E-state index contributed by atoms with van der Waals surface area (Å²) in [7, 11) is 0. The Labute approximate surface area is 103 Å². The Morgan fingerprint density at radius 1 is 1.24 bits per heavy atom. The molecule has 0 saturated carbocycles. The molecule has 2 N–H and O–H groups in total. The van der Waals surface area contributed by atoms with Gasteiger partial charge in [-0.3, -0.25) is 0 Å². The van der Waals surface area contributed by atoms with Gasteiger partial charge in [-0.2, -0.15) is 0 Å². The highest BCUT2D eigenvalue weighted by atomic mass is 15.1. The van der Waals surface area contributed by atoms with Crippen molar-refractivity contribution in [2.24, 2.45) is 0 Å². The van der Waals surface area contributed by atoms with Crippen molar-refractivity contribution in [2.75, 3.05) is 5.73 Å². The normalized spacial score (nSPS) is 12.6. The van der Waals surface area contributed by atoms with E-state index in [1.165, 1.54) is 0 Å². The molecule has 0 radical (unpaired) electrons. The van der Waals surface area contributed by atoms with Crippen LogP contribution in [0.3, 0.4) is 0 Å². The molecule has 2 aromatic rings. The van der Waals surface area contributed by atoms with Crippen molar-refractivity contribution in [3.63, 3.8) is 0 Å². The van der Waals surface area contributed by atoms with Crippen molar-refractivity contribution < 1.29 is 0 Å². The van der Waals surface area contributed by atoms with E-state index in [2.05, 4.69) is 45.3 Å². The largest absolute Gasteiger partial charge is 0.399 e. The molecule has 1 heterocycles. The van der Waals surface area contributed by atoms with E-state index in [0.29, 0.717) is 5.92 Å². The number of rotatable bonds is 1. The third kappa shape index (κ3) is 2.02. The predicted octanol–water partition coefficient (Wildman–Crippen LogP) is 3.50. The lowest BCUT2D eigenvalue weighted by Gasteiger charge is -2.25. The molecular formula is C14H21N3. The number of benzene rings is 1. The highest BCUT2D eigenvalue weighted by Crippen LogP contribution is 2.29. The molecule has 0 fully saturated rings. The quantitative estimate of drug-likeness (QED) is 0.763. The summed E-state index contributed by atoms with van der Waals surface area (Å²) in [4.78, 5) is 4.72. The van der Waals surface area contributed by atoms with Crippen LogP contribution < -0.4 is 5.73 Å². The first-order valence-corrected chi connectivity index (χ1v) is 6.09. The van der Waals surface area contributed by atoms with E-state index in [1.54, 1.807) is 0 Å². The van der Waals surface area contributed by atoms with Crippen LogP contribution in [-0.2, 0) is 5.54 Å². The Kier molecular flexibility index (Phi) is 2.64. The lowest BCUT2D eigenvalue weighted by Crippen LogP contribution is -2.24. The number of fused-ring (bicyclic) bond motifs is 1. The summed E-state index contributed by atoms with van der Waals surface area (Å²) in [6.07, 6.45) is 0. The molecule has 2 rings (SSSR count). The molecule has 0 aliphatic carbocycles.